The SMILES string of the molecule is C[C@H](CCC(=O)O)[C@H]1CCC2[C@@H]3C(O)CC4C[C@H](O)CCC4(C)C3CC(O)C21C. The van der Waals surface area contributed by atoms with Gasteiger partial charge in [0.05, 0.1) is 18.3 Å². The van der Waals surface area contributed by atoms with Gasteiger partial charge >= 0.3 is 5.97 Å². The molecule has 0 amide bonds. The molecule has 5 heteroatoms. The summed E-state index contributed by atoms with van der Waals surface area (Å²) in [5.74, 6) is 0.997. The van der Waals surface area contributed by atoms with Crippen LogP contribution in [0.2, 0.25) is 0 Å². The second-order valence-electron chi connectivity index (χ2n) is 11.4. The summed E-state index contributed by atoms with van der Waals surface area (Å²) in [7, 11) is 0. The van der Waals surface area contributed by atoms with Gasteiger partial charge < -0.3 is 20.4 Å². The van der Waals surface area contributed by atoms with E-state index in [-0.39, 0.29) is 41.3 Å². The van der Waals surface area contributed by atoms with E-state index in [2.05, 4.69) is 20.8 Å². The highest BCUT2D eigenvalue weighted by Crippen LogP contribution is 2.68. The summed E-state index contributed by atoms with van der Waals surface area (Å²) < 4.78 is 0. The van der Waals surface area contributed by atoms with Gasteiger partial charge in [0.25, 0.3) is 0 Å². The van der Waals surface area contributed by atoms with Crippen LogP contribution >= 0.6 is 0 Å². The monoisotopic (exact) mass is 408 g/mol. The molecule has 7 unspecified atom stereocenters. The third-order valence-electron chi connectivity index (χ3n) is 10.3. The maximum atomic E-state index is 11.5. The molecule has 4 N–H and O–H groups in total. The molecule has 4 fully saturated rings. The first-order valence-corrected chi connectivity index (χ1v) is 11.8. The van der Waals surface area contributed by atoms with Crippen LogP contribution in [0.5, 0.6) is 0 Å². The van der Waals surface area contributed by atoms with E-state index in [1.807, 2.05) is 0 Å². The molecule has 11 atom stereocenters. The molecule has 0 aromatic carbocycles. The molecule has 4 rings (SSSR count). The third-order valence-corrected chi connectivity index (χ3v) is 10.3. The first-order chi connectivity index (χ1) is 13.6. The summed E-state index contributed by atoms with van der Waals surface area (Å²) in [6.45, 7) is 6.72. The lowest BCUT2D eigenvalue weighted by molar-refractivity contribution is -0.207. The number of carbonyl (C=O) groups is 1. The Hall–Kier alpha value is -0.650. The van der Waals surface area contributed by atoms with Crippen LogP contribution in [0.3, 0.4) is 0 Å². The fourth-order valence-corrected chi connectivity index (χ4v) is 8.68. The number of rotatable bonds is 4. The van der Waals surface area contributed by atoms with E-state index in [1.165, 1.54) is 0 Å². The molecular weight excluding hydrogens is 368 g/mol. The quantitative estimate of drug-likeness (QED) is 0.571. The number of aliphatic carboxylic acids is 1. The summed E-state index contributed by atoms with van der Waals surface area (Å²) in [6, 6.07) is 0. The molecule has 0 saturated heterocycles. The minimum atomic E-state index is -0.748. The van der Waals surface area contributed by atoms with Gasteiger partial charge in [-0.15, -0.1) is 0 Å². The number of hydrogen-bond donors (Lipinski definition) is 4. The Morgan fingerprint density at radius 1 is 1.03 bits per heavy atom. The van der Waals surface area contributed by atoms with Crippen molar-refractivity contribution in [1.82, 2.24) is 0 Å². The third kappa shape index (κ3) is 3.27. The molecule has 0 radical (unpaired) electrons. The predicted octanol–water partition coefficient (Wildman–Crippen LogP) is 3.45. The zero-order valence-corrected chi connectivity index (χ0v) is 18.3. The van der Waals surface area contributed by atoms with E-state index in [1.54, 1.807) is 0 Å². The van der Waals surface area contributed by atoms with Gasteiger partial charge in [-0.1, -0.05) is 20.8 Å². The lowest BCUT2D eigenvalue weighted by Crippen LogP contribution is -2.62. The second-order valence-corrected chi connectivity index (χ2v) is 11.4. The van der Waals surface area contributed by atoms with E-state index in [4.69, 9.17) is 5.11 Å². The Morgan fingerprint density at radius 2 is 1.76 bits per heavy atom. The van der Waals surface area contributed by atoms with Crippen molar-refractivity contribution in [2.24, 2.45) is 46.3 Å². The van der Waals surface area contributed by atoms with Crippen molar-refractivity contribution in [3.63, 3.8) is 0 Å². The highest BCUT2D eigenvalue weighted by molar-refractivity contribution is 5.66. The first kappa shape index (κ1) is 21.6. The van der Waals surface area contributed by atoms with Crippen LogP contribution in [0.1, 0.15) is 78.6 Å². The van der Waals surface area contributed by atoms with E-state index in [0.29, 0.717) is 30.1 Å². The van der Waals surface area contributed by atoms with Gasteiger partial charge in [-0.25, -0.2) is 0 Å². The Labute approximate surface area is 174 Å². The largest absolute Gasteiger partial charge is 0.481 e. The van der Waals surface area contributed by atoms with Crippen molar-refractivity contribution in [3.05, 3.63) is 0 Å². The van der Waals surface area contributed by atoms with Crippen molar-refractivity contribution in [2.45, 2.75) is 96.9 Å². The van der Waals surface area contributed by atoms with Gasteiger partial charge in [-0.2, -0.15) is 0 Å². The van der Waals surface area contributed by atoms with Crippen molar-refractivity contribution < 1.29 is 25.2 Å². The Balaban J connectivity index is 1.61. The average molecular weight is 409 g/mol. The molecule has 4 aliphatic rings. The molecule has 0 aromatic heterocycles. The molecule has 0 bridgehead atoms. The van der Waals surface area contributed by atoms with Crippen LogP contribution in [0.25, 0.3) is 0 Å². The molecular formula is C24H40O5. The number of aliphatic hydroxyl groups excluding tert-OH is 3. The smallest absolute Gasteiger partial charge is 0.303 e. The maximum Gasteiger partial charge on any atom is 0.303 e. The lowest BCUT2D eigenvalue weighted by atomic mass is 9.43. The molecule has 0 spiro atoms. The topological polar surface area (TPSA) is 98.0 Å². The molecule has 0 heterocycles. The van der Waals surface area contributed by atoms with Gasteiger partial charge in [-0.05, 0) is 97.7 Å². The highest BCUT2D eigenvalue weighted by atomic mass is 16.4. The lowest BCUT2D eigenvalue weighted by Gasteiger charge is -2.63. The van der Waals surface area contributed by atoms with Crippen molar-refractivity contribution in [1.29, 1.82) is 0 Å². The normalized spacial score (nSPS) is 52.9. The van der Waals surface area contributed by atoms with Gasteiger partial charge in [0, 0.05) is 6.42 Å². The van der Waals surface area contributed by atoms with Crippen molar-refractivity contribution >= 4 is 5.97 Å². The van der Waals surface area contributed by atoms with E-state index < -0.39 is 12.1 Å². The molecule has 4 saturated carbocycles. The molecule has 0 aliphatic heterocycles. The zero-order valence-electron chi connectivity index (χ0n) is 18.3. The average Bonchev–Trinajstić information content (AvgIpc) is 3.01. The number of aliphatic hydroxyl groups is 3. The minimum Gasteiger partial charge on any atom is -0.481 e. The molecule has 5 nitrogen and oxygen atoms in total. The zero-order chi connectivity index (χ0) is 21.1. The predicted molar refractivity (Wildman–Crippen MR) is 110 cm³/mol. The summed E-state index contributed by atoms with van der Waals surface area (Å²) in [5, 5.41) is 42.0. The van der Waals surface area contributed by atoms with Crippen LogP contribution in [0, 0.1) is 46.3 Å². The Morgan fingerprint density at radius 3 is 2.45 bits per heavy atom. The van der Waals surface area contributed by atoms with Crippen molar-refractivity contribution in [3.8, 4) is 0 Å². The van der Waals surface area contributed by atoms with Crippen LogP contribution < -0.4 is 0 Å². The van der Waals surface area contributed by atoms with Crippen LogP contribution in [0.4, 0.5) is 0 Å². The number of fused-ring (bicyclic) bond motifs is 5. The van der Waals surface area contributed by atoms with Crippen molar-refractivity contribution in [2.75, 3.05) is 0 Å². The van der Waals surface area contributed by atoms with Crippen LogP contribution in [-0.4, -0.2) is 44.7 Å². The van der Waals surface area contributed by atoms with Crippen LogP contribution in [-0.2, 0) is 4.79 Å². The minimum absolute atomic E-state index is 0.0957. The number of carboxylic acid groups (broad SMARTS) is 1. The molecule has 166 valence electrons. The van der Waals surface area contributed by atoms with E-state index in [0.717, 1.165) is 44.9 Å². The summed E-state index contributed by atoms with van der Waals surface area (Å²) in [6.07, 6.45) is 6.00. The Kier molecular flexibility index (Phi) is 5.57. The second kappa shape index (κ2) is 7.49. The van der Waals surface area contributed by atoms with Gasteiger partial charge in [-0.3, -0.25) is 4.79 Å². The number of hydrogen-bond acceptors (Lipinski definition) is 4. The first-order valence-electron chi connectivity index (χ1n) is 11.8. The Bertz CT molecular complexity index is 637. The highest BCUT2D eigenvalue weighted by Gasteiger charge is 2.65. The summed E-state index contributed by atoms with van der Waals surface area (Å²) in [5.41, 5.74) is -0.143. The fraction of sp³-hybridized carbons (Fsp3) is 0.958. The van der Waals surface area contributed by atoms with E-state index >= 15 is 0 Å². The summed E-state index contributed by atoms with van der Waals surface area (Å²) >= 11 is 0. The fourth-order valence-electron chi connectivity index (χ4n) is 8.68. The standard InChI is InChI=1S/C24H40O5/c1-13(4-7-21(28)29)16-5-6-17-22-18(12-20(27)24(16,17)3)23(2)9-8-15(25)10-14(23)11-19(22)26/h13-20,22,25-27H,4-12H2,1-3H3,(H,28,29)/t13-,14?,15-,16-,17?,18?,19?,20?,22+,23?,24?/m1/s1. The molecule has 29 heavy (non-hydrogen) atoms. The summed E-state index contributed by atoms with van der Waals surface area (Å²) in [4.78, 5) is 11.1. The molecule has 0 aromatic rings. The number of carboxylic acids is 1. The van der Waals surface area contributed by atoms with Gasteiger partial charge in [0.2, 0.25) is 0 Å². The maximum absolute atomic E-state index is 11.5. The van der Waals surface area contributed by atoms with Gasteiger partial charge in [0.15, 0.2) is 0 Å². The van der Waals surface area contributed by atoms with E-state index in [9.17, 15) is 20.1 Å². The van der Waals surface area contributed by atoms with Gasteiger partial charge in [0.1, 0.15) is 0 Å². The molecule has 4 aliphatic carbocycles. The van der Waals surface area contributed by atoms with Crippen LogP contribution in [0.15, 0.2) is 0 Å².